The Bertz CT molecular complexity index is 973. The second-order valence-electron chi connectivity index (χ2n) is 7.46. The van der Waals surface area contributed by atoms with Gasteiger partial charge in [0.05, 0.1) is 11.2 Å². The highest BCUT2D eigenvalue weighted by atomic mass is 79.9. The minimum atomic E-state index is -1.08. The third-order valence-electron chi connectivity index (χ3n) is 5.36. The van der Waals surface area contributed by atoms with Crippen molar-refractivity contribution in [2.45, 2.75) is 37.3 Å². The lowest BCUT2D eigenvalue weighted by atomic mass is 9.93. The SMILES string of the molecule is Cc1cccc(C2(NC(=O)N[C@@H]3C(=O)NC[C@H]3c3c(F)cc(Br)cc3F)CC2)n1. The Labute approximate surface area is 174 Å². The van der Waals surface area contributed by atoms with Gasteiger partial charge in [-0.25, -0.2) is 13.6 Å². The van der Waals surface area contributed by atoms with E-state index < -0.39 is 41.1 Å². The van der Waals surface area contributed by atoms with Gasteiger partial charge in [-0.15, -0.1) is 0 Å². The van der Waals surface area contributed by atoms with Crippen LogP contribution in [0.2, 0.25) is 0 Å². The highest BCUT2D eigenvalue weighted by molar-refractivity contribution is 9.10. The smallest absolute Gasteiger partial charge is 0.316 e. The van der Waals surface area contributed by atoms with Gasteiger partial charge < -0.3 is 16.0 Å². The number of aromatic nitrogens is 1. The van der Waals surface area contributed by atoms with Crippen LogP contribution >= 0.6 is 15.9 Å². The molecule has 6 nitrogen and oxygen atoms in total. The van der Waals surface area contributed by atoms with Crippen LogP contribution in [0.15, 0.2) is 34.8 Å². The van der Waals surface area contributed by atoms with Crippen LogP contribution < -0.4 is 16.0 Å². The molecule has 0 bridgehead atoms. The van der Waals surface area contributed by atoms with Gasteiger partial charge in [0.2, 0.25) is 5.91 Å². The van der Waals surface area contributed by atoms with Gasteiger partial charge in [0.1, 0.15) is 17.7 Å². The largest absolute Gasteiger partial charge is 0.354 e. The Kier molecular flexibility index (Phi) is 5.02. The van der Waals surface area contributed by atoms with Gasteiger partial charge in [-0.3, -0.25) is 9.78 Å². The lowest BCUT2D eigenvalue weighted by Crippen LogP contribution is -2.50. The van der Waals surface area contributed by atoms with E-state index in [1.54, 1.807) is 0 Å². The Morgan fingerprint density at radius 2 is 1.97 bits per heavy atom. The maximum atomic E-state index is 14.4. The van der Waals surface area contributed by atoms with Crippen LogP contribution in [-0.2, 0) is 10.3 Å². The van der Waals surface area contributed by atoms with E-state index in [0.717, 1.165) is 36.4 Å². The minimum Gasteiger partial charge on any atom is -0.354 e. The summed E-state index contributed by atoms with van der Waals surface area (Å²) in [7, 11) is 0. The number of rotatable bonds is 4. The number of amides is 3. The molecule has 3 amide bonds. The van der Waals surface area contributed by atoms with E-state index in [0.29, 0.717) is 0 Å². The number of hydrogen-bond donors (Lipinski definition) is 3. The molecule has 4 rings (SSSR count). The molecule has 0 unspecified atom stereocenters. The summed E-state index contributed by atoms with van der Waals surface area (Å²) < 4.78 is 29.1. The Morgan fingerprint density at radius 3 is 2.59 bits per heavy atom. The molecule has 2 aliphatic rings. The summed E-state index contributed by atoms with van der Waals surface area (Å²) in [4.78, 5) is 29.4. The number of halogens is 3. The van der Waals surface area contributed by atoms with Gasteiger partial charge in [-0.05, 0) is 44.0 Å². The molecule has 2 heterocycles. The van der Waals surface area contributed by atoms with Crippen molar-refractivity contribution in [2.75, 3.05) is 6.54 Å². The van der Waals surface area contributed by atoms with Crippen molar-refractivity contribution in [2.24, 2.45) is 0 Å². The van der Waals surface area contributed by atoms with Crippen LogP contribution in [0.5, 0.6) is 0 Å². The fraction of sp³-hybridized carbons (Fsp3) is 0.350. The highest BCUT2D eigenvalue weighted by Gasteiger charge is 2.48. The second-order valence-corrected chi connectivity index (χ2v) is 8.37. The van der Waals surface area contributed by atoms with E-state index in [4.69, 9.17) is 0 Å². The molecule has 9 heteroatoms. The maximum Gasteiger partial charge on any atom is 0.316 e. The summed E-state index contributed by atoms with van der Waals surface area (Å²) >= 11 is 3.04. The standard InChI is InChI=1S/C20H19BrF2N4O2/c1-10-3-2-4-15(25-10)20(5-6-20)27-19(29)26-17-12(9-24-18(17)28)16-13(22)7-11(21)8-14(16)23/h2-4,7-8,12,17H,5-6,9H2,1H3,(H,24,28)(H2,26,27,29)/t12-,17-/m0/s1. The normalized spacial score (nSPS) is 22.1. The summed E-state index contributed by atoms with van der Waals surface area (Å²) in [6.07, 6.45) is 1.46. The van der Waals surface area contributed by atoms with Crippen LogP contribution in [0.3, 0.4) is 0 Å². The van der Waals surface area contributed by atoms with Crippen LogP contribution in [-0.4, -0.2) is 29.5 Å². The molecular weight excluding hydrogens is 446 g/mol. The molecule has 1 aromatic heterocycles. The van der Waals surface area contributed by atoms with Crippen molar-refractivity contribution >= 4 is 27.9 Å². The second kappa shape index (κ2) is 7.37. The lowest BCUT2D eigenvalue weighted by Gasteiger charge is -2.23. The number of nitrogens with one attached hydrogen (secondary N) is 3. The molecule has 1 saturated heterocycles. The predicted octanol–water partition coefficient (Wildman–Crippen LogP) is 3.00. The number of pyridine rings is 1. The van der Waals surface area contributed by atoms with E-state index in [1.165, 1.54) is 0 Å². The van der Waals surface area contributed by atoms with Gasteiger partial charge in [-0.2, -0.15) is 0 Å². The van der Waals surface area contributed by atoms with Gasteiger partial charge in [0, 0.05) is 28.2 Å². The Morgan fingerprint density at radius 1 is 1.28 bits per heavy atom. The van der Waals surface area contributed by atoms with Crippen molar-refractivity contribution in [1.82, 2.24) is 20.9 Å². The van der Waals surface area contributed by atoms with Crippen molar-refractivity contribution in [3.8, 4) is 0 Å². The first-order chi connectivity index (χ1) is 13.8. The maximum absolute atomic E-state index is 14.4. The summed E-state index contributed by atoms with van der Waals surface area (Å²) in [6, 6.07) is 6.21. The number of aryl methyl sites for hydroxylation is 1. The number of nitrogens with zero attached hydrogens (tertiary/aromatic N) is 1. The molecular formula is C20H19BrF2N4O2. The molecule has 152 valence electrons. The predicted molar refractivity (Wildman–Crippen MR) is 105 cm³/mol. The number of benzene rings is 1. The zero-order valence-corrected chi connectivity index (χ0v) is 17.1. The van der Waals surface area contributed by atoms with Gasteiger partial charge in [0.15, 0.2) is 0 Å². The van der Waals surface area contributed by atoms with Crippen molar-refractivity contribution in [3.05, 3.63) is 63.4 Å². The van der Waals surface area contributed by atoms with Crippen molar-refractivity contribution < 1.29 is 18.4 Å². The average molecular weight is 465 g/mol. The molecule has 0 radical (unpaired) electrons. The minimum absolute atomic E-state index is 0.0316. The van der Waals surface area contributed by atoms with Crippen LogP contribution in [0.25, 0.3) is 0 Å². The van der Waals surface area contributed by atoms with E-state index in [9.17, 15) is 18.4 Å². The number of carbonyl (C=O) groups excluding carboxylic acids is 2. The molecule has 2 atom stereocenters. The fourth-order valence-corrected chi connectivity index (χ4v) is 4.14. The van der Waals surface area contributed by atoms with Crippen LogP contribution in [0.1, 0.15) is 35.7 Å². The number of hydrogen-bond acceptors (Lipinski definition) is 3. The van der Waals surface area contributed by atoms with Crippen LogP contribution in [0.4, 0.5) is 13.6 Å². The average Bonchev–Trinajstić information content (AvgIpc) is 3.34. The number of urea groups is 1. The van der Waals surface area contributed by atoms with Crippen molar-refractivity contribution in [3.63, 3.8) is 0 Å². The topological polar surface area (TPSA) is 83.1 Å². The summed E-state index contributed by atoms with van der Waals surface area (Å²) in [5, 5.41) is 8.04. The molecule has 1 saturated carbocycles. The van der Waals surface area contributed by atoms with E-state index >= 15 is 0 Å². The summed E-state index contributed by atoms with van der Waals surface area (Å²) in [5.41, 5.74) is 0.797. The third kappa shape index (κ3) is 3.83. The molecule has 1 aliphatic carbocycles. The van der Waals surface area contributed by atoms with Gasteiger partial charge in [0.25, 0.3) is 0 Å². The third-order valence-corrected chi connectivity index (χ3v) is 5.82. The molecule has 29 heavy (non-hydrogen) atoms. The van der Waals surface area contributed by atoms with Crippen molar-refractivity contribution in [1.29, 1.82) is 0 Å². The Balaban J connectivity index is 1.52. The van der Waals surface area contributed by atoms with Gasteiger partial charge in [-0.1, -0.05) is 22.0 Å². The van der Waals surface area contributed by atoms with Gasteiger partial charge >= 0.3 is 6.03 Å². The molecule has 2 fully saturated rings. The lowest BCUT2D eigenvalue weighted by molar-refractivity contribution is -0.120. The highest BCUT2D eigenvalue weighted by Crippen LogP contribution is 2.44. The monoisotopic (exact) mass is 464 g/mol. The molecule has 0 spiro atoms. The molecule has 1 aromatic carbocycles. The quantitative estimate of drug-likeness (QED) is 0.650. The first-order valence-corrected chi connectivity index (χ1v) is 10.0. The van der Waals surface area contributed by atoms with E-state index in [2.05, 4.69) is 36.9 Å². The van der Waals surface area contributed by atoms with Crippen LogP contribution in [0, 0.1) is 18.6 Å². The first-order valence-electron chi connectivity index (χ1n) is 9.24. The molecule has 3 N–H and O–H groups in total. The molecule has 1 aliphatic heterocycles. The zero-order chi connectivity index (χ0) is 20.8. The molecule has 2 aromatic rings. The first kappa shape index (κ1) is 19.8. The zero-order valence-electron chi connectivity index (χ0n) is 15.6. The van der Waals surface area contributed by atoms with E-state index in [1.807, 2.05) is 25.1 Å². The summed E-state index contributed by atoms with van der Waals surface area (Å²) in [5.74, 6) is -2.87. The number of carbonyl (C=O) groups is 2. The summed E-state index contributed by atoms with van der Waals surface area (Å²) in [6.45, 7) is 1.90. The Hall–Kier alpha value is -2.55. The fourth-order valence-electron chi connectivity index (χ4n) is 3.74. The van der Waals surface area contributed by atoms with E-state index in [-0.39, 0.29) is 16.6 Å².